The van der Waals surface area contributed by atoms with Gasteiger partial charge in [-0.1, -0.05) is 30.3 Å². The number of nitrogens with zero attached hydrogens (tertiary/aromatic N) is 1. The van der Waals surface area contributed by atoms with Crippen molar-refractivity contribution in [1.29, 1.82) is 0 Å². The standard InChI is InChI=1S/C14H19NO5/c1-9(17)13(19)14(20)11(8-16)15-12(18)7-10-5-3-2-4-6-10/h2-6,9,13-14,16-17,19-20H,7-8H2,1H3/t9-,13+,14+/m0/s1. The van der Waals surface area contributed by atoms with Gasteiger partial charge in [0.15, 0.2) is 0 Å². The first-order valence-corrected chi connectivity index (χ1v) is 6.25. The van der Waals surface area contributed by atoms with Crippen LogP contribution < -0.4 is 0 Å². The maximum absolute atomic E-state index is 11.7. The van der Waals surface area contributed by atoms with E-state index in [1.54, 1.807) is 24.3 Å². The predicted octanol–water partition coefficient (Wildman–Crippen LogP) is -0.708. The predicted molar refractivity (Wildman–Crippen MR) is 73.4 cm³/mol. The molecule has 1 aromatic carbocycles. The molecule has 0 spiro atoms. The summed E-state index contributed by atoms with van der Waals surface area (Å²) in [6, 6.07) is 8.90. The van der Waals surface area contributed by atoms with Crippen molar-refractivity contribution < 1.29 is 25.2 Å². The van der Waals surface area contributed by atoms with Gasteiger partial charge < -0.3 is 20.4 Å². The van der Waals surface area contributed by atoms with Crippen LogP contribution in [0.2, 0.25) is 0 Å². The van der Waals surface area contributed by atoms with Gasteiger partial charge in [0.05, 0.1) is 24.8 Å². The molecule has 4 N–H and O–H groups in total. The topological polar surface area (TPSA) is 110 Å². The summed E-state index contributed by atoms with van der Waals surface area (Å²) in [4.78, 5) is 15.3. The summed E-state index contributed by atoms with van der Waals surface area (Å²) in [5.41, 5.74) is 0.489. The summed E-state index contributed by atoms with van der Waals surface area (Å²) in [5, 5.41) is 37.5. The highest BCUT2D eigenvalue weighted by Crippen LogP contribution is 2.05. The Morgan fingerprint density at radius 1 is 1.20 bits per heavy atom. The molecular weight excluding hydrogens is 262 g/mol. The molecule has 6 nitrogen and oxygen atoms in total. The molecular formula is C14H19NO5. The molecule has 0 aliphatic rings. The van der Waals surface area contributed by atoms with E-state index >= 15 is 0 Å². The van der Waals surface area contributed by atoms with Gasteiger partial charge in [0.1, 0.15) is 12.2 Å². The second kappa shape index (κ2) is 7.86. The first-order chi connectivity index (χ1) is 9.45. The van der Waals surface area contributed by atoms with Crippen molar-refractivity contribution in [3.63, 3.8) is 0 Å². The lowest BCUT2D eigenvalue weighted by molar-refractivity contribution is -0.117. The van der Waals surface area contributed by atoms with E-state index in [1.807, 2.05) is 6.07 Å². The van der Waals surface area contributed by atoms with Crippen LogP contribution in [0.25, 0.3) is 0 Å². The summed E-state index contributed by atoms with van der Waals surface area (Å²) >= 11 is 0. The number of aliphatic hydroxyl groups is 4. The van der Waals surface area contributed by atoms with Crippen LogP contribution in [-0.4, -0.2) is 57.0 Å². The largest absolute Gasteiger partial charge is 0.391 e. The number of aliphatic imine (C=N–C) groups is 1. The van der Waals surface area contributed by atoms with Crippen molar-refractivity contribution in [2.45, 2.75) is 31.7 Å². The number of hydrogen-bond donors (Lipinski definition) is 4. The van der Waals surface area contributed by atoms with E-state index in [1.165, 1.54) is 6.92 Å². The smallest absolute Gasteiger partial charge is 0.250 e. The molecule has 0 aliphatic heterocycles. The summed E-state index contributed by atoms with van der Waals surface area (Å²) in [5.74, 6) is -0.544. The van der Waals surface area contributed by atoms with Gasteiger partial charge in [-0.3, -0.25) is 4.79 Å². The molecule has 3 atom stereocenters. The van der Waals surface area contributed by atoms with Crippen molar-refractivity contribution in [3.05, 3.63) is 35.9 Å². The fraction of sp³-hybridized carbons (Fsp3) is 0.429. The maximum Gasteiger partial charge on any atom is 0.250 e. The van der Waals surface area contributed by atoms with Crippen LogP contribution in [0.1, 0.15) is 12.5 Å². The molecule has 0 radical (unpaired) electrons. The number of aliphatic hydroxyl groups excluding tert-OH is 4. The number of amides is 1. The second-order valence-corrected chi connectivity index (χ2v) is 4.49. The van der Waals surface area contributed by atoms with E-state index in [-0.39, 0.29) is 12.1 Å². The molecule has 0 heterocycles. The highest BCUT2D eigenvalue weighted by Gasteiger charge is 2.26. The molecule has 1 rings (SSSR count). The molecule has 0 aliphatic carbocycles. The summed E-state index contributed by atoms with van der Waals surface area (Å²) in [7, 11) is 0. The van der Waals surface area contributed by atoms with Gasteiger partial charge in [-0.25, -0.2) is 4.99 Å². The maximum atomic E-state index is 11.7. The molecule has 20 heavy (non-hydrogen) atoms. The Bertz CT molecular complexity index is 458. The van der Waals surface area contributed by atoms with E-state index in [0.29, 0.717) is 0 Å². The Morgan fingerprint density at radius 2 is 1.80 bits per heavy atom. The van der Waals surface area contributed by atoms with Crippen molar-refractivity contribution in [2.24, 2.45) is 4.99 Å². The van der Waals surface area contributed by atoms with E-state index in [0.717, 1.165) is 5.56 Å². The molecule has 0 saturated carbocycles. The summed E-state index contributed by atoms with van der Waals surface area (Å²) in [6.45, 7) is 0.611. The Morgan fingerprint density at radius 3 is 2.30 bits per heavy atom. The van der Waals surface area contributed by atoms with Crippen LogP contribution in [0.15, 0.2) is 35.3 Å². The van der Waals surface area contributed by atoms with Gasteiger partial charge in [0.25, 0.3) is 0 Å². The van der Waals surface area contributed by atoms with E-state index in [2.05, 4.69) is 4.99 Å². The first-order valence-electron chi connectivity index (χ1n) is 6.25. The van der Waals surface area contributed by atoms with E-state index in [4.69, 9.17) is 5.11 Å². The van der Waals surface area contributed by atoms with Crippen LogP contribution in [0.4, 0.5) is 0 Å². The highest BCUT2D eigenvalue weighted by molar-refractivity contribution is 5.99. The Kier molecular flexibility index (Phi) is 6.47. The Balaban J connectivity index is 2.76. The van der Waals surface area contributed by atoms with Crippen LogP contribution in [-0.2, 0) is 11.2 Å². The zero-order valence-corrected chi connectivity index (χ0v) is 11.2. The van der Waals surface area contributed by atoms with E-state index in [9.17, 15) is 20.1 Å². The minimum Gasteiger partial charge on any atom is -0.391 e. The zero-order chi connectivity index (χ0) is 15.1. The Hall–Kier alpha value is -1.60. The number of benzene rings is 1. The fourth-order valence-corrected chi connectivity index (χ4v) is 1.63. The summed E-state index contributed by atoms with van der Waals surface area (Å²) in [6.07, 6.45) is -4.27. The summed E-state index contributed by atoms with van der Waals surface area (Å²) < 4.78 is 0. The molecule has 1 aromatic rings. The van der Waals surface area contributed by atoms with Crippen LogP contribution in [0.5, 0.6) is 0 Å². The van der Waals surface area contributed by atoms with Crippen molar-refractivity contribution in [3.8, 4) is 0 Å². The molecule has 0 unspecified atom stereocenters. The zero-order valence-electron chi connectivity index (χ0n) is 11.2. The van der Waals surface area contributed by atoms with Crippen molar-refractivity contribution in [1.82, 2.24) is 0 Å². The fourth-order valence-electron chi connectivity index (χ4n) is 1.63. The molecule has 6 heteroatoms. The van der Waals surface area contributed by atoms with Crippen LogP contribution in [0.3, 0.4) is 0 Å². The third kappa shape index (κ3) is 4.82. The van der Waals surface area contributed by atoms with Crippen LogP contribution >= 0.6 is 0 Å². The number of rotatable bonds is 6. The van der Waals surface area contributed by atoms with Crippen molar-refractivity contribution >= 4 is 11.6 Å². The highest BCUT2D eigenvalue weighted by atomic mass is 16.4. The average molecular weight is 281 g/mol. The lowest BCUT2D eigenvalue weighted by Crippen LogP contribution is -2.42. The number of hydrogen-bond acceptors (Lipinski definition) is 5. The number of carbonyl (C=O) groups excluding carboxylic acids is 1. The lowest BCUT2D eigenvalue weighted by atomic mass is 10.0. The molecule has 1 amide bonds. The van der Waals surface area contributed by atoms with Gasteiger partial charge >= 0.3 is 0 Å². The first kappa shape index (κ1) is 16.5. The SMILES string of the molecule is C[C@H](O)[C@@H](O)[C@H](O)C(CO)=NC(=O)Cc1ccccc1. The molecule has 110 valence electrons. The minimum atomic E-state index is -1.58. The van der Waals surface area contributed by atoms with Crippen molar-refractivity contribution in [2.75, 3.05) is 6.61 Å². The lowest BCUT2D eigenvalue weighted by Gasteiger charge is -2.20. The van der Waals surface area contributed by atoms with Gasteiger partial charge in [0, 0.05) is 0 Å². The molecule has 0 fully saturated rings. The quantitative estimate of drug-likeness (QED) is 0.515. The minimum absolute atomic E-state index is 0.0296. The van der Waals surface area contributed by atoms with Gasteiger partial charge in [-0.15, -0.1) is 0 Å². The molecule has 0 bridgehead atoms. The van der Waals surface area contributed by atoms with Gasteiger partial charge in [-0.05, 0) is 12.5 Å². The normalized spacial score (nSPS) is 16.6. The van der Waals surface area contributed by atoms with Crippen LogP contribution in [0, 0.1) is 0 Å². The van der Waals surface area contributed by atoms with Gasteiger partial charge in [0.2, 0.25) is 5.91 Å². The third-order valence-corrected chi connectivity index (χ3v) is 2.79. The molecule has 0 aromatic heterocycles. The molecule has 0 saturated heterocycles. The van der Waals surface area contributed by atoms with E-state index < -0.39 is 30.8 Å². The Labute approximate surface area is 117 Å². The van der Waals surface area contributed by atoms with Gasteiger partial charge in [-0.2, -0.15) is 0 Å². The second-order valence-electron chi connectivity index (χ2n) is 4.49. The third-order valence-electron chi connectivity index (χ3n) is 2.79. The monoisotopic (exact) mass is 281 g/mol. The number of carbonyl (C=O) groups is 1. The average Bonchev–Trinajstić information content (AvgIpc) is 2.44.